The standard InChI is InChI=1S/C12H9NO5/c14-12(15)18-11(13(16)17)10-7-3-5-8-4-1-2-6-9(8)10/h1-7,11H,(H,14,15). The monoisotopic (exact) mass is 247 g/mol. The summed E-state index contributed by atoms with van der Waals surface area (Å²) in [6.07, 6.45) is -3.39. The second kappa shape index (κ2) is 4.70. The zero-order valence-corrected chi connectivity index (χ0v) is 9.15. The Morgan fingerprint density at radius 2 is 1.89 bits per heavy atom. The van der Waals surface area contributed by atoms with E-state index in [0.29, 0.717) is 5.39 Å². The normalized spacial score (nSPS) is 12.0. The molecule has 0 bridgehead atoms. The number of hydrogen-bond donors (Lipinski definition) is 1. The summed E-state index contributed by atoms with van der Waals surface area (Å²) in [4.78, 5) is 20.6. The Morgan fingerprint density at radius 3 is 2.56 bits per heavy atom. The zero-order valence-electron chi connectivity index (χ0n) is 9.15. The predicted molar refractivity (Wildman–Crippen MR) is 62.8 cm³/mol. The molecule has 0 heterocycles. The number of nitrogens with zero attached hydrogens (tertiary/aromatic N) is 1. The van der Waals surface area contributed by atoms with Crippen molar-refractivity contribution in [3.8, 4) is 0 Å². The highest BCUT2D eigenvalue weighted by molar-refractivity contribution is 5.85. The molecule has 2 aromatic carbocycles. The second-order valence-corrected chi connectivity index (χ2v) is 3.59. The minimum Gasteiger partial charge on any atom is -0.450 e. The van der Waals surface area contributed by atoms with Crippen LogP contribution in [0.4, 0.5) is 4.79 Å². The smallest absolute Gasteiger partial charge is 0.450 e. The molecular formula is C12H9NO5. The second-order valence-electron chi connectivity index (χ2n) is 3.59. The van der Waals surface area contributed by atoms with Gasteiger partial charge in [0.25, 0.3) is 0 Å². The molecule has 0 fully saturated rings. The van der Waals surface area contributed by atoms with E-state index in [9.17, 15) is 14.9 Å². The van der Waals surface area contributed by atoms with E-state index in [-0.39, 0.29) is 5.56 Å². The molecule has 0 amide bonds. The quantitative estimate of drug-likeness (QED) is 0.390. The van der Waals surface area contributed by atoms with Crippen molar-refractivity contribution in [1.29, 1.82) is 0 Å². The Bertz CT molecular complexity index is 605. The number of hydrogen-bond acceptors (Lipinski definition) is 4. The molecule has 0 aromatic heterocycles. The summed E-state index contributed by atoms with van der Waals surface area (Å²) in [5, 5.41) is 20.8. The number of fused-ring (bicyclic) bond motifs is 1. The van der Waals surface area contributed by atoms with E-state index in [1.54, 1.807) is 36.4 Å². The van der Waals surface area contributed by atoms with Crippen molar-refractivity contribution in [2.24, 2.45) is 0 Å². The fourth-order valence-electron chi connectivity index (χ4n) is 1.78. The Kier molecular flexibility index (Phi) is 3.09. The number of benzene rings is 2. The predicted octanol–water partition coefficient (Wildman–Crippen LogP) is 2.81. The van der Waals surface area contributed by atoms with Crippen molar-refractivity contribution in [2.75, 3.05) is 0 Å². The number of rotatable bonds is 3. The van der Waals surface area contributed by atoms with Gasteiger partial charge in [-0.3, -0.25) is 10.1 Å². The van der Waals surface area contributed by atoms with Gasteiger partial charge in [0.15, 0.2) is 0 Å². The molecule has 1 atom stereocenters. The van der Waals surface area contributed by atoms with Crippen LogP contribution in [0, 0.1) is 10.1 Å². The van der Waals surface area contributed by atoms with Gasteiger partial charge in [0.2, 0.25) is 0 Å². The van der Waals surface area contributed by atoms with Gasteiger partial charge in [0.1, 0.15) is 0 Å². The minimum atomic E-state index is -1.71. The molecule has 18 heavy (non-hydrogen) atoms. The van der Waals surface area contributed by atoms with Crippen LogP contribution in [0.2, 0.25) is 0 Å². The first kappa shape index (κ1) is 11.8. The molecule has 6 heteroatoms. The maximum atomic E-state index is 10.9. The van der Waals surface area contributed by atoms with Gasteiger partial charge in [-0.1, -0.05) is 36.4 Å². The third-order valence-corrected chi connectivity index (χ3v) is 2.49. The molecule has 0 saturated carbocycles. The van der Waals surface area contributed by atoms with Crippen LogP contribution < -0.4 is 0 Å². The van der Waals surface area contributed by atoms with Crippen LogP contribution in [0.5, 0.6) is 0 Å². The van der Waals surface area contributed by atoms with Crippen LogP contribution in [0.25, 0.3) is 10.8 Å². The van der Waals surface area contributed by atoms with Gasteiger partial charge in [0.05, 0.1) is 10.5 Å². The van der Waals surface area contributed by atoms with Crippen LogP contribution in [0.3, 0.4) is 0 Å². The fraction of sp³-hybridized carbons (Fsp3) is 0.0833. The number of carboxylic acid groups (broad SMARTS) is 1. The average Bonchev–Trinajstić information content (AvgIpc) is 2.35. The summed E-state index contributed by atoms with van der Waals surface area (Å²) in [6.45, 7) is 0. The van der Waals surface area contributed by atoms with E-state index in [2.05, 4.69) is 4.74 Å². The van der Waals surface area contributed by atoms with Gasteiger partial charge >= 0.3 is 12.4 Å². The lowest BCUT2D eigenvalue weighted by atomic mass is 10.0. The van der Waals surface area contributed by atoms with E-state index in [0.717, 1.165) is 5.39 Å². The van der Waals surface area contributed by atoms with Gasteiger partial charge in [-0.25, -0.2) is 4.79 Å². The van der Waals surface area contributed by atoms with Crippen molar-refractivity contribution in [1.82, 2.24) is 0 Å². The SMILES string of the molecule is O=C(O)OC(c1cccc2ccccc12)[N+](=O)[O-]. The Labute approximate surface area is 102 Å². The summed E-state index contributed by atoms with van der Waals surface area (Å²) >= 11 is 0. The molecular weight excluding hydrogens is 238 g/mol. The summed E-state index contributed by atoms with van der Waals surface area (Å²) < 4.78 is 4.32. The van der Waals surface area contributed by atoms with Gasteiger partial charge < -0.3 is 9.84 Å². The van der Waals surface area contributed by atoms with Crippen molar-refractivity contribution in [3.05, 3.63) is 58.1 Å². The van der Waals surface area contributed by atoms with Crippen molar-refractivity contribution in [2.45, 2.75) is 6.23 Å². The lowest BCUT2D eigenvalue weighted by Gasteiger charge is -2.10. The van der Waals surface area contributed by atoms with E-state index in [1.165, 1.54) is 6.07 Å². The molecule has 1 N–H and O–H groups in total. The van der Waals surface area contributed by atoms with Gasteiger partial charge in [0, 0.05) is 0 Å². The number of carbonyl (C=O) groups is 1. The molecule has 0 spiro atoms. The topological polar surface area (TPSA) is 89.7 Å². The first-order valence-electron chi connectivity index (χ1n) is 5.10. The molecule has 6 nitrogen and oxygen atoms in total. The highest BCUT2D eigenvalue weighted by Gasteiger charge is 2.28. The first-order valence-corrected chi connectivity index (χ1v) is 5.10. The van der Waals surface area contributed by atoms with Crippen LogP contribution in [0.1, 0.15) is 11.8 Å². The van der Waals surface area contributed by atoms with Gasteiger partial charge in [-0.15, -0.1) is 0 Å². The van der Waals surface area contributed by atoms with Crippen LogP contribution in [-0.4, -0.2) is 16.2 Å². The number of ether oxygens (including phenoxy) is 1. The third kappa shape index (κ3) is 2.22. The maximum absolute atomic E-state index is 10.9. The largest absolute Gasteiger partial charge is 0.511 e. The molecule has 0 aliphatic carbocycles. The maximum Gasteiger partial charge on any atom is 0.511 e. The summed E-state index contributed by atoms with van der Waals surface area (Å²) in [7, 11) is 0. The summed E-state index contributed by atoms with van der Waals surface area (Å²) in [5.74, 6) is 0. The van der Waals surface area contributed by atoms with Crippen LogP contribution in [0.15, 0.2) is 42.5 Å². The van der Waals surface area contributed by atoms with E-state index >= 15 is 0 Å². The fourth-order valence-corrected chi connectivity index (χ4v) is 1.78. The van der Waals surface area contributed by atoms with E-state index in [1.807, 2.05) is 0 Å². The third-order valence-electron chi connectivity index (χ3n) is 2.49. The Hall–Kier alpha value is -2.63. The van der Waals surface area contributed by atoms with E-state index < -0.39 is 17.3 Å². The van der Waals surface area contributed by atoms with E-state index in [4.69, 9.17) is 5.11 Å². The highest BCUT2D eigenvalue weighted by atomic mass is 16.7. The lowest BCUT2D eigenvalue weighted by molar-refractivity contribution is -0.575. The lowest BCUT2D eigenvalue weighted by Crippen LogP contribution is -2.17. The first-order chi connectivity index (χ1) is 8.59. The zero-order chi connectivity index (χ0) is 13.1. The minimum absolute atomic E-state index is 0.223. The molecule has 92 valence electrons. The van der Waals surface area contributed by atoms with Gasteiger partial charge in [-0.05, 0) is 16.8 Å². The molecule has 0 radical (unpaired) electrons. The van der Waals surface area contributed by atoms with Crippen molar-refractivity contribution < 1.29 is 19.6 Å². The highest BCUT2D eigenvalue weighted by Crippen LogP contribution is 2.27. The molecule has 0 aliphatic heterocycles. The molecule has 2 aromatic rings. The summed E-state index contributed by atoms with van der Waals surface area (Å²) in [6, 6.07) is 11.9. The molecule has 2 rings (SSSR count). The average molecular weight is 247 g/mol. The van der Waals surface area contributed by atoms with Crippen molar-refractivity contribution in [3.63, 3.8) is 0 Å². The Morgan fingerprint density at radius 1 is 1.22 bits per heavy atom. The molecule has 0 saturated heterocycles. The number of nitro groups is 1. The van der Waals surface area contributed by atoms with Crippen LogP contribution >= 0.6 is 0 Å². The molecule has 0 aliphatic rings. The molecule has 1 unspecified atom stereocenters. The van der Waals surface area contributed by atoms with Crippen LogP contribution in [-0.2, 0) is 4.74 Å². The van der Waals surface area contributed by atoms with Crippen molar-refractivity contribution >= 4 is 16.9 Å². The Balaban J connectivity index is 2.57. The summed E-state index contributed by atoms with van der Waals surface area (Å²) in [5.41, 5.74) is 0.223. The van der Waals surface area contributed by atoms with Gasteiger partial charge in [-0.2, -0.15) is 0 Å².